The molecule has 1 fully saturated rings. The summed E-state index contributed by atoms with van der Waals surface area (Å²) in [6.07, 6.45) is 0. The molecule has 7 nitrogen and oxygen atoms in total. The molecule has 0 radical (unpaired) electrons. The second-order valence-electron chi connectivity index (χ2n) is 7.74. The number of fused-ring (bicyclic) bond motifs is 2. The molecule has 2 aliphatic heterocycles. The number of aromatic nitrogens is 2. The van der Waals surface area contributed by atoms with Gasteiger partial charge in [0.1, 0.15) is 5.82 Å². The summed E-state index contributed by atoms with van der Waals surface area (Å²) in [7, 11) is -3.31. The third kappa shape index (κ3) is 3.42. The van der Waals surface area contributed by atoms with Crippen molar-refractivity contribution in [2.24, 2.45) is 0 Å². The zero-order valence-corrected chi connectivity index (χ0v) is 17.0. The van der Waals surface area contributed by atoms with Gasteiger partial charge in [-0.1, -0.05) is 29.8 Å². The number of sulfone groups is 1. The van der Waals surface area contributed by atoms with Crippen LogP contribution in [0.1, 0.15) is 11.1 Å². The van der Waals surface area contributed by atoms with Gasteiger partial charge in [0.05, 0.1) is 22.2 Å². The van der Waals surface area contributed by atoms with E-state index in [0.29, 0.717) is 30.0 Å². The summed E-state index contributed by atoms with van der Waals surface area (Å²) >= 11 is 0. The van der Waals surface area contributed by atoms with Gasteiger partial charge in [-0.25, -0.2) is 13.4 Å². The van der Waals surface area contributed by atoms with Crippen LogP contribution in [-0.4, -0.2) is 49.8 Å². The van der Waals surface area contributed by atoms with Crippen molar-refractivity contribution in [1.29, 1.82) is 0 Å². The van der Waals surface area contributed by atoms with E-state index in [1.54, 1.807) is 12.1 Å². The van der Waals surface area contributed by atoms with Gasteiger partial charge in [-0.3, -0.25) is 0 Å². The average Bonchev–Trinajstić information content (AvgIpc) is 2.81. The minimum atomic E-state index is -3.31. The van der Waals surface area contributed by atoms with E-state index in [2.05, 4.69) is 23.6 Å². The minimum Gasteiger partial charge on any atom is -0.364 e. The van der Waals surface area contributed by atoms with Crippen LogP contribution in [0, 0.1) is 6.92 Å². The van der Waals surface area contributed by atoms with Gasteiger partial charge < -0.3 is 15.5 Å². The molecule has 3 heterocycles. The molecule has 2 aromatic carbocycles. The first-order valence-electron chi connectivity index (χ1n) is 9.81. The first-order chi connectivity index (χ1) is 14.0. The lowest BCUT2D eigenvalue weighted by Crippen LogP contribution is -2.51. The fourth-order valence-corrected chi connectivity index (χ4v) is 5.30. The fraction of sp³-hybridized carbons (Fsp3) is 0.333. The maximum absolute atomic E-state index is 12.7. The third-order valence-corrected chi connectivity index (χ3v) is 7.33. The smallest absolute Gasteiger partial charge is 0.228 e. The van der Waals surface area contributed by atoms with Crippen LogP contribution in [0.2, 0.25) is 0 Å². The first kappa shape index (κ1) is 18.3. The number of benzene rings is 2. The SMILES string of the molecule is Cc1ccc2nc(N3CCS(=O)(=O)c4ccccc4C3)nc(NC3CNC3)c2c1. The Hall–Kier alpha value is -2.71. The van der Waals surface area contributed by atoms with Crippen molar-refractivity contribution in [3.05, 3.63) is 53.6 Å². The molecule has 0 bridgehead atoms. The highest BCUT2D eigenvalue weighted by Crippen LogP contribution is 2.29. The van der Waals surface area contributed by atoms with Crippen LogP contribution >= 0.6 is 0 Å². The highest BCUT2D eigenvalue weighted by Gasteiger charge is 2.27. The fourth-order valence-electron chi connectivity index (χ4n) is 3.80. The lowest BCUT2D eigenvalue weighted by molar-refractivity contribution is 0.471. The Bertz CT molecular complexity index is 1190. The van der Waals surface area contributed by atoms with E-state index < -0.39 is 9.84 Å². The van der Waals surface area contributed by atoms with Crippen molar-refractivity contribution in [1.82, 2.24) is 15.3 Å². The van der Waals surface area contributed by atoms with Crippen molar-refractivity contribution < 1.29 is 8.42 Å². The van der Waals surface area contributed by atoms with Crippen LogP contribution < -0.4 is 15.5 Å². The average molecular weight is 410 g/mol. The van der Waals surface area contributed by atoms with Crippen molar-refractivity contribution in [3.8, 4) is 0 Å². The van der Waals surface area contributed by atoms with Crippen molar-refractivity contribution >= 4 is 32.5 Å². The summed E-state index contributed by atoms with van der Waals surface area (Å²) < 4.78 is 25.4. The molecule has 1 saturated heterocycles. The van der Waals surface area contributed by atoms with Gasteiger partial charge in [-0.2, -0.15) is 4.98 Å². The van der Waals surface area contributed by atoms with Crippen LogP contribution in [0.25, 0.3) is 10.9 Å². The lowest BCUT2D eigenvalue weighted by atomic mass is 10.1. The second-order valence-corrected chi connectivity index (χ2v) is 9.82. The van der Waals surface area contributed by atoms with Crippen LogP contribution in [-0.2, 0) is 16.4 Å². The molecule has 2 aliphatic rings. The first-order valence-corrected chi connectivity index (χ1v) is 11.5. The number of hydrogen-bond donors (Lipinski definition) is 2. The number of rotatable bonds is 3. The molecule has 8 heteroatoms. The Morgan fingerprint density at radius 2 is 1.97 bits per heavy atom. The molecule has 1 aromatic heterocycles. The van der Waals surface area contributed by atoms with Gasteiger partial charge >= 0.3 is 0 Å². The van der Waals surface area contributed by atoms with Gasteiger partial charge in [0.2, 0.25) is 5.95 Å². The largest absolute Gasteiger partial charge is 0.364 e. The number of nitrogens with zero attached hydrogens (tertiary/aromatic N) is 3. The van der Waals surface area contributed by atoms with E-state index in [0.717, 1.165) is 40.9 Å². The summed E-state index contributed by atoms with van der Waals surface area (Å²) in [6, 6.07) is 13.7. The van der Waals surface area contributed by atoms with Gasteiger partial charge in [-0.15, -0.1) is 0 Å². The number of aryl methyl sites for hydroxylation is 1. The predicted octanol–water partition coefficient (Wildman–Crippen LogP) is 2.12. The molecular formula is C21H23N5O2S. The maximum Gasteiger partial charge on any atom is 0.228 e. The standard InChI is InChI=1S/C21H23N5O2S/c1-14-6-7-18-17(10-14)20(23-16-11-22-12-16)25-21(24-18)26-8-9-29(27,28)19-5-3-2-4-15(19)13-26/h2-7,10,16,22H,8-9,11-13H2,1H3,(H,23,24,25). The van der Waals surface area contributed by atoms with E-state index in [9.17, 15) is 8.42 Å². The van der Waals surface area contributed by atoms with Gasteiger partial charge in [0, 0.05) is 31.6 Å². The van der Waals surface area contributed by atoms with Crippen LogP contribution in [0.3, 0.4) is 0 Å². The van der Waals surface area contributed by atoms with Gasteiger partial charge in [-0.05, 0) is 30.7 Å². The zero-order chi connectivity index (χ0) is 20.0. The van der Waals surface area contributed by atoms with E-state index in [1.807, 2.05) is 29.2 Å². The van der Waals surface area contributed by atoms with Gasteiger partial charge in [0.15, 0.2) is 9.84 Å². The van der Waals surface area contributed by atoms with Crippen molar-refractivity contribution in [2.75, 3.05) is 35.6 Å². The summed E-state index contributed by atoms with van der Waals surface area (Å²) in [6.45, 7) is 4.69. The highest BCUT2D eigenvalue weighted by atomic mass is 32.2. The Morgan fingerprint density at radius 3 is 2.76 bits per heavy atom. The lowest BCUT2D eigenvalue weighted by Gasteiger charge is -2.29. The topological polar surface area (TPSA) is 87.2 Å². The normalized spacial score (nSPS) is 18.7. The molecule has 0 spiro atoms. The Balaban J connectivity index is 1.58. The second kappa shape index (κ2) is 6.96. The van der Waals surface area contributed by atoms with E-state index in [4.69, 9.17) is 9.97 Å². The Morgan fingerprint density at radius 1 is 1.14 bits per heavy atom. The highest BCUT2D eigenvalue weighted by molar-refractivity contribution is 7.91. The van der Waals surface area contributed by atoms with Crippen molar-refractivity contribution in [3.63, 3.8) is 0 Å². The molecule has 5 rings (SSSR count). The molecule has 2 N–H and O–H groups in total. The Labute approximate surface area is 170 Å². The van der Waals surface area contributed by atoms with Crippen LogP contribution in [0.15, 0.2) is 47.4 Å². The molecule has 0 saturated carbocycles. The molecule has 0 atom stereocenters. The molecule has 0 unspecified atom stereocenters. The summed E-state index contributed by atoms with van der Waals surface area (Å²) in [5.74, 6) is 1.41. The van der Waals surface area contributed by atoms with Crippen molar-refractivity contribution in [2.45, 2.75) is 24.4 Å². The minimum absolute atomic E-state index is 0.0502. The third-order valence-electron chi connectivity index (χ3n) is 5.54. The molecule has 0 aliphatic carbocycles. The molecule has 0 amide bonds. The molecular weight excluding hydrogens is 386 g/mol. The summed E-state index contributed by atoms with van der Waals surface area (Å²) in [4.78, 5) is 12.0. The monoisotopic (exact) mass is 409 g/mol. The summed E-state index contributed by atoms with van der Waals surface area (Å²) in [5, 5.41) is 7.77. The number of hydrogen-bond acceptors (Lipinski definition) is 7. The van der Waals surface area contributed by atoms with Crippen LogP contribution in [0.4, 0.5) is 11.8 Å². The van der Waals surface area contributed by atoms with E-state index in [-0.39, 0.29) is 5.75 Å². The quantitative estimate of drug-likeness (QED) is 0.685. The van der Waals surface area contributed by atoms with Gasteiger partial charge in [0.25, 0.3) is 0 Å². The Kier molecular flexibility index (Phi) is 4.40. The van der Waals surface area contributed by atoms with E-state index >= 15 is 0 Å². The number of anilines is 2. The number of nitrogens with one attached hydrogen (secondary N) is 2. The predicted molar refractivity (Wildman–Crippen MR) is 114 cm³/mol. The van der Waals surface area contributed by atoms with Crippen LogP contribution in [0.5, 0.6) is 0 Å². The summed E-state index contributed by atoms with van der Waals surface area (Å²) in [5.41, 5.74) is 2.80. The van der Waals surface area contributed by atoms with E-state index in [1.165, 1.54) is 0 Å². The molecule has 29 heavy (non-hydrogen) atoms. The molecule has 3 aromatic rings. The zero-order valence-electron chi connectivity index (χ0n) is 16.2. The maximum atomic E-state index is 12.7. The molecule has 150 valence electrons.